The smallest absolute Gasteiger partial charge is 0.0717 e. The van der Waals surface area contributed by atoms with E-state index in [-0.39, 0.29) is 12.0 Å². The van der Waals surface area contributed by atoms with Crippen molar-refractivity contribution in [1.29, 1.82) is 0 Å². The molecular formula is C17H19NOS. The molecule has 0 saturated heterocycles. The summed E-state index contributed by atoms with van der Waals surface area (Å²) in [5.41, 5.74) is 3.67. The summed E-state index contributed by atoms with van der Waals surface area (Å²) in [6.45, 7) is 2.09. The molecule has 1 N–H and O–H groups in total. The number of aromatic nitrogens is 1. The van der Waals surface area contributed by atoms with E-state index >= 15 is 0 Å². The molecule has 2 aromatic rings. The highest BCUT2D eigenvalue weighted by molar-refractivity contribution is 7.99. The molecule has 20 heavy (non-hydrogen) atoms. The quantitative estimate of drug-likeness (QED) is 0.872. The van der Waals surface area contributed by atoms with Crippen molar-refractivity contribution in [3.05, 3.63) is 59.4 Å². The second kappa shape index (κ2) is 5.98. The van der Waals surface area contributed by atoms with E-state index in [4.69, 9.17) is 0 Å². The predicted octanol–water partition coefficient (Wildman–Crippen LogP) is 3.57. The van der Waals surface area contributed by atoms with Gasteiger partial charge in [0.05, 0.1) is 6.10 Å². The number of nitrogens with zero attached hydrogens (tertiary/aromatic N) is 1. The van der Waals surface area contributed by atoms with E-state index in [9.17, 15) is 5.11 Å². The van der Waals surface area contributed by atoms with Gasteiger partial charge in [-0.25, -0.2) is 0 Å². The molecule has 0 radical (unpaired) electrons. The minimum atomic E-state index is -0.323. The summed E-state index contributed by atoms with van der Waals surface area (Å²) in [6.07, 6.45) is 3.57. The van der Waals surface area contributed by atoms with Crippen LogP contribution < -0.4 is 0 Å². The summed E-state index contributed by atoms with van der Waals surface area (Å²) >= 11 is 1.73. The lowest BCUT2D eigenvalue weighted by atomic mass is 10.0. The molecule has 0 fully saturated rings. The molecule has 0 aliphatic heterocycles. The number of pyridine rings is 1. The average molecular weight is 285 g/mol. The molecule has 1 aromatic carbocycles. The molecule has 0 spiro atoms. The first-order chi connectivity index (χ1) is 9.74. The van der Waals surface area contributed by atoms with E-state index in [1.54, 1.807) is 11.8 Å². The molecule has 1 heterocycles. The molecule has 0 amide bonds. The lowest BCUT2D eigenvalue weighted by molar-refractivity contribution is 0.165. The second-order valence-electron chi connectivity index (χ2n) is 5.39. The zero-order valence-electron chi connectivity index (χ0n) is 11.6. The van der Waals surface area contributed by atoms with Gasteiger partial charge in [0.1, 0.15) is 0 Å². The topological polar surface area (TPSA) is 33.1 Å². The van der Waals surface area contributed by atoms with Crippen molar-refractivity contribution in [3.63, 3.8) is 0 Å². The first-order valence-corrected chi connectivity index (χ1v) is 8.04. The molecule has 0 saturated carbocycles. The minimum absolute atomic E-state index is 0.198. The third-order valence-corrected chi connectivity index (χ3v) is 4.97. The van der Waals surface area contributed by atoms with E-state index in [0.717, 1.165) is 24.3 Å². The van der Waals surface area contributed by atoms with Gasteiger partial charge in [0.25, 0.3) is 0 Å². The number of aryl methyl sites for hydroxylation is 2. The fourth-order valence-electron chi connectivity index (χ4n) is 2.82. The lowest BCUT2D eigenvalue weighted by Gasteiger charge is -2.18. The first kappa shape index (κ1) is 13.7. The maximum Gasteiger partial charge on any atom is 0.0717 e. The normalized spacial score (nSPS) is 18.8. The summed E-state index contributed by atoms with van der Waals surface area (Å²) in [7, 11) is 0. The molecule has 2 unspecified atom stereocenters. The molecule has 3 rings (SSSR count). The maximum absolute atomic E-state index is 10.5. The predicted molar refractivity (Wildman–Crippen MR) is 83.2 cm³/mol. The second-order valence-corrected chi connectivity index (χ2v) is 6.48. The van der Waals surface area contributed by atoms with Gasteiger partial charge in [-0.15, -0.1) is 11.8 Å². The maximum atomic E-state index is 10.5. The number of hydrogen-bond acceptors (Lipinski definition) is 3. The van der Waals surface area contributed by atoms with Crippen LogP contribution in [-0.4, -0.2) is 21.9 Å². The summed E-state index contributed by atoms with van der Waals surface area (Å²) in [5.74, 6) is 0.924. The van der Waals surface area contributed by atoms with Gasteiger partial charge >= 0.3 is 0 Å². The Balaban J connectivity index is 1.65. The van der Waals surface area contributed by atoms with Crippen molar-refractivity contribution in [2.75, 3.05) is 5.75 Å². The van der Waals surface area contributed by atoms with E-state index in [2.05, 4.69) is 42.2 Å². The summed E-state index contributed by atoms with van der Waals surface area (Å²) < 4.78 is 0. The van der Waals surface area contributed by atoms with Crippen molar-refractivity contribution in [1.82, 2.24) is 4.98 Å². The highest BCUT2D eigenvalue weighted by atomic mass is 32.2. The molecule has 0 bridgehead atoms. The van der Waals surface area contributed by atoms with Crippen LogP contribution >= 0.6 is 11.8 Å². The lowest BCUT2D eigenvalue weighted by Crippen LogP contribution is -2.19. The largest absolute Gasteiger partial charge is 0.392 e. The number of thioether (sulfide) groups is 1. The number of aliphatic hydroxyl groups excluding tert-OH is 1. The van der Waals surface area contributed by atoms with Crippen molar-refractivity contribution >= 4 is 11.8 Å². The Morgan fingerprint density at radius 2 is 2.25 bits per heavy atom. The zero-order valence-corrected chi connectivity index (χ0v) is 12.4. The summed E-state index contributed by atoms with van der Waals surface area (Å²) in [6, 6.07) is 12.5. The van der Waals surface area contributed by atoms with Gasteiger partial charge < -0.3 is 5.11 Å². The van der Waals surface area contributed by atoms with Crippen LogP contribution in [0.25, 0.3) is 0 Å². The molecule has 2 atom stereocenters. The van der Waals surface area contributed by atoms with E-state index < -0.39 is 0 Å². The average Bonchev–Trinajstić information content (AvgIpc) is 2.89. The Labute approximate surface area is 124 Å². The van der Waals surface area contributed by atoms with Crippen LogP contribution in [0.3, 0.4) is 0 Å². The first-order valence-electron chi connectivity index (χ1n) is 7.05. The minimum Gasteiger partial charge on any atom is -0.392 e. The Morgan fingerprint density at radius 1 is 1.35 bits per heavy atom. The van der Waals surface area contributed by atoms with Crippen LogP contribution in [0.4, 0.5) is 0 Å². The van der Waals surface area contributed by atoms with Crippen molar-refractivity contribution in [2.24, 2.45) is 0 Å². The monoisotopic (exact) mass is 285 g/mol. The molecular weight excluding hydrogens is 266 g/mol. The molecule has 1 aliphatic carbocycles. The SMILES string of the molecule is Cc1cccc(SCC(O)C2CCc3cccnc32)c1. The van der Waals surface area contributed by atoms with Gasteiger partial charge in [-0.05, 0) is 43.5 Å². The number of benzene rings is 1. The van der Waals surface area contributed by atoms with Gasteiger partial charge in [0, 0.05) is 28.5 Å². The number of hydrogen-bond donors (Lipinski definition) is 1. The van der Waals surface area contributed by atoms with Crippen LogP contribution in [-0.2, 0) is 6.42 Å². The van der Waals surface area contributed by atoms with Crippen molar-refractivity contribution < 1.29 is 5.11 Å². The highest BCUT2D eigenvalue weighted by Gasteiger charge is 2.29. The zero-order chi connectivity index (χ0) is 13.9. The van der Waals surface area contributed by atoms with Gasteiger partial charge in [0.15, 0.2) is 0 Å². The van der Waals surface area contributed by atoms with Crippen LogP contribution in [0.1, 0.15) is 29.2 Å². The van der Waals surface area contributed by atoms with Crippen molar-refractivity contribution in [2.45, 2.75) is 36.7 Å². The molecule has 1 aliphatic rings. The van der Waals surface area contributed by atoms with Crippen LogP contribution in [0, 0.1) is 6.92 Å². The summed E-state index contributed by atoms with van der Waals surface area (Å²) in [5, 5.41) is 10.5. The molecule has 2 nitrogen and oxygen atoms in total. The van der Waals surface area contributed by atoms with Gasteiger partial charge in [-0.3, -0.25) is 4.98 Å². The van der Waals surface area contributed by atoms with Crippen LogP contribution in [0.5, 0.6) is 0 Å². The fraction of sp³-hybridized carbons (Fsp3) is 0.353. The third-order valence-electron chi connectivity index (χ3n) is 3.88. The number of fused-ring (bicyclic) bond motifs is 1. The van der Waals surface area contributed by atoms with Crippen molar-refractivity contribution in [3.8, 4) is 0 Å². The third kappa shape index (κ3) is 2.89. The number of aliphatic hydroxyl groups is 1. The van der Waals surface area contributed by atoms with Gasteiger partial charge in [-0.1, -0.05) is 23.8 Å². The summed E-state index contributed by atoms with van der Waals surface area (Å²) in [4.78, 5) is 5.69. The van der Waals surface area contributed by atoms with E-state index in [1.165, 1.54) is 16.0 Å². The van der Waals surface area contributed by atoms with Crippen LogP contribution in [0.15, 0.2) is 47.5 Å². The molecule has 1 aromatic heterocycles. The van der Waals surface area contributed by atoms with Gasteiger partial charge in [0.2, 0.25) is 0 Å². The molecule has 104 valence electrons. The standard InChI is InChI=1S/C17H19NOS/c1-12-4-2-6-14(10-12)20-11-16(19)15-8-7-13-5-3-9-18-17(13)15/h2-6,9-10,15-16,19H,7-8,11H2,1H3. The van der Waals surface area contributed by atoms with E-state index in [1.807, 2.05) is 12.3 Å². The van der Waals surface area contributed by atoms with Crippen LogP contribution in [0.2, 0.25) is 0 Å². The highest BCUT2D eigenvalue weighted by Crippen LogP contribution is 2.35. The van der Waals surface area contributed by atoms with Gasteiger partial charge in [-0.2, -0.15) is 0 Å². The Bertz CT molecular complexity index is 599. The Morgan fingerprint density at radius 3 is 3.10 bits per heavy atom. The molecule has 3 heteroatoms. The van der Waals surface area contributed by atoms with E-state index in [0.29, 0.717) is 0 Å². The Hall–Kier alpha value is -1.32. The fourth-order valence-corrected chi connectivity index (χ4v) is 3.86. The Kier molecular flexibility index (Phi) is 4.08. The number of rotatable bonds is 4.